The van der Waals surface area contributed by atoms with E-state index in [9.17, 15) is 4.79 Å². The topological polar surface area (TPSA) is 60.0 Å². The molecule has 0 unspecified atom stereocenters. The number of hydrogen-bond donors (Lipinski definition) is 2. The highest BCUT2D eigenvalue weighted by atomic mass is 127. The van der Waals surface area contributed by atoms with Crippen LogP contribution in [0.15, 0.2) is 41.9 Å². The Balaban J connectivity index is 0.00000841. The Bertz CT molecular complexity index is 648. The molecule has 0 aliphatic rings. The fraction of sp³-hybridized carbons (Fsp3) is 0.565. The Morgan fingerprint density at radius 3 is 2.57 bits per heavy atom. The number of carbonyl (C=O) groups excluding carboxylic acids is 1. The molecular weight excluding hydrogens is 489 g/mol. The number of carbonyl (C=O) groups is 1. The minimum atomic E-state index is -0.0405. The Labute approximate surface area is 200 Å². The largest absolute Gasteiger partial charge is 0.357 e. The molecule has 0 aromatic heterocycles. The van der Waals surface area contributed by atoms with Gasteiger partial charge < -0.3 is 20.4 Å². The van der Waals surface area contributed by atoms with Crippen molar-refractivity contribution >= 4 is 35.8 Å². The van der Waals surface area contributed by atoms with Gasteiger partial charge in [-0.3, -0.25) is 4.79 Å². The van der Waals surface area contributed by atoms with Crippen molar-refractivity contribution < 1.29 is 4.79 Å². The molecule has 0 bridgehead atoms. The number of nitrogens with zero attached hydrogens (tertiary/aromatic N) is 3. The van der Waals surface area contributed by atoms with Crippen LogP contribution in [0.4, 0.5) is 0 Å². The maximum Gasteiger partial charge on any atom is 0.251 e. The predicted octanol–water partition coefficient (Wildman–Crippen LogP) is 3.74. The summed E-state index contributed by atoms with van der Waals surface area (Å²) in [6, 6.07) is 7.70. The van der Waals surface area contributed by atoms with Gasteiger partial charge in [-0.1, -0.05) is 24.6 Å². The quantitative estimate of drug-likeness (QED) is 0.134. The first kappa shape index (κ1) is 28.4. The Hall–Kier alpha value is -1.61. The number of likely N-dealkylation sites (N-methyl/N-ethyl adjacent to an activating group) is 1. The zero-order chi connectivity index (χ0) is 21.5. The highest BCUT2D eigenvalue weighted by molar-refractivity contribution is 14.0. The minimum Gasteiger partial charge on any atom is -0.357 e. The summed E-state index contributed by atoms with van der Waals surface area (Å²) >= 11 is 0. The molecule has 2 N–H and O–H groups in total. The maximum atomic E-state index is 12.3. The molecule has 1 rings (SSSR count). The number of allylic oxidation sites excluding steroid dienone is 1. The van der Waals surface area contributed by atoms with Crippen molar-refractivity contribution in [3.63, 3.8) is 0 Å². The summed E-state index contributed by atoms with van der Waals surface area (Å²) in [4.78, 5) is 21.3. The van der Waals surface area contributed by atoms with Gasteiger partial charge in [0, 0.05) is 38.8 Å². The highest BCUT2D eigenvalue weighted by Gasteiger charge is 2.08. The SMILES string of the molecule is C=CCCCCCN(C)C(=NCc1cccc(C(=O)NCCN(C)C)c1)NCC.I. The van der Waals surface area contributed by atoms with Crippen molar-refractivity contribution in [2.45, 2.75) is 39.2 Å². The lowest BCUT2D eigenvalue weighted by atomic mass is 10.1. The number of amides is 1. The maximum absolute atomic E-state index is 12.3. The highest BCUT2D eigenvalue weighted by Crippen LogP contribution is 2.08. The second-order valence-corrected chi connectivity index (χ2v) is 7.49. The van der Waals surface area contributed by atoms with Crippen LogP contribution in [0.5, 0.6) is 0 Å². The summed E-state index contributed by atoms with van der Waals surface area (Å²) in [6.45, 7) is 9.64. The second kappa shape index (κ2) is 17.1. The first-order chi connectivity index (χ1) is 14.0. The van der Waals surface area contributed by atoms with E-state index in [0.29, 0.717) is 18.7 Å². The van der Waals surface area contributed by atoms with Crippen molar-refractivity contribution in [1.29, 1.82) is 0 Å². The van der Waals surface area contributed by atoms with Crippen LogP contribution in [0.25, 0.3) is 0 Å². The molecule has 0 saturated carbocycles. The first-order valence-electron chi connectivity index (χ1n) is 10.6. The van der Waals surface area contributed by atoms with Crippen molar-refractivity contribution in [2.24, 2.45) is 4.99 Å². The lowest BCUT2D eigenvalue weighted by Crippen LogP contribution is -2.39. The van der Waals surface area contributed by atoms with Crippen molar-refractivity contribution in [3.8, 4) is 0 Å². The molecule has 0 radical (unpaired) electrons. The molecule has 1 aromatic rings. The molecular formula is C23H40IN5O. The van der Waals surface area contributed by atoms with E-state index in [1.807, 2.05) is 49.3 Å². The van der Waals surface area contributed by atoms with Crippen LogP contribution in [0.1, 0.15) is 48.5 Å². The van der Waals surface area contributed by atoms with Crippen molar-refractivity contribution in [2.75, 3.05) is 47.3 Å². The molecule has 0 aliphatic carbocycles. The van der Waals surface area contributed by atoms with Gasteiger partial charge in [0.1, 0.15) is 0 Å². The van der Waals surface area contributed by atoms with E-state index in [0.717, 1.165) is 44.0 Å². The van der Waals surface area contributed by atoms with Crippen LogP contribution in [-0.4, -0.2) is 69.0 Å². The summed E-state index contributed by atoms with van der Waals surface area (Å²) in [5, 5.41) is 6.31. The average Bonchev–Trinajstić information content (AvgIpc) is 2.70. The Morgan fingerprint density at radius 2 is 1.90 bits per heavy atom. The van der Waals surface area contributed by atoms with Crippen LogP contribution >= 0.6 is 24.0 Å². The molecule has 7 heteroatoms. The van der Waals surface area contributed by atoms with Gasteiger partial charge in [0.2, 0.25) is 0 Å². The lowest BCUT2D eigenvalue weighted by Gasteiger charge is -2.22. The zero-order valence-electron chi connectivity index (χ0n) is 19.1. The summed E-state index contributed by atoms with van der Waals surface area (Å²) in [5.74, 6) is 0.860. The molecule has 1 amide bonds. The summed E-state index contributed by atoms with van der Waals surface area (Å²) in [5.41, 5.74) is 1.71. The number of halogens is 1. The van der Waals surface area contributed by atoms with Crippen LogP contribution in [-0.2, 0) is 6.54 Å². The molecule has 6 nitrogen and oxygen atoms in total. The third kappa shape index (κ3) is 12.2. The molecule has 30 heavy (non-hydrogen) atoms. The summed E-state index contributed by atoms with van der Waals surface area (Å²) < 4.78 is 0. The lowest BCUT2D eigenvalue weighted by molar-refractivity contribution is 0.0951. The third-order valence-electron chi connectivity index (χ3n) is 4.54. The summed E-state index contributed by atoms with van der Waals surface area (Å²) in [7, 11) is 6.06. The van der Waals surface area contributed by atoms with Gasteiger partial charge in [-0.05, 0) is 58.0 Å². The van der Waals surface area contributed by atoms with Gasteiger partial charge in [0.15, 0.2) is 5.96 Å². The standard InChI is InChI=1S/C23H39N5O.HI/c1-6-8-9-10-11-16-28(5)23(24-7-2)26-19-20-13-12-14-21(18-20)22(29)25-15-17-27(3)4;/h6,12-14,18H,1,7-11,15-17,19H2,2-5H3,(H,24,26)(H,25,29);1H. The molecule has 0 atom stereocenters. The van der Waals surface area contributed by atoms with Gasteiger partial charge in [0.25, 0.3) is 5.91 Å². The monoisotopic (exact) mass is 529 g/mol. The van der Waals surface area contributed by atoms with E-state index >= 15 is 0 Å². The molecule has 0 fully saturated rings. The van der Waals surface area contributed by atoms with E-state index in [1.54, 1.807) is 0 Å². The number of nitrogens with one attached hydrogen (secondary N) is 2. The van der Waals surface area contributed by atoms with Crippen molar-refractivity contribution in [3.05, 3.63) is 48.0 Å². The number of unbranched alkanes of at least 4 members (excludes halogenated alkanes) is 3. The fourth-order valence-corrected chi connectivity index (χ4v) is 2.86. The van der Waals surface area contributed by atoms with E-state index in [2.05, 4.69) is 36.1 Å². The van der Waals surface area contributed by atoms with Gasteiger partial charge in [0.05, 0.1) is 6.54 Å². The molecule has 0 saturated heterocycles. The smallest absolute Gasteiger partial charge is 0.251 e. The van der Waals surface area contributed by atoms with E-state index in [1.165, 1.54) is 12.8 Å². The van der Waals surface area contributed by atoms with E-state index in [4.69, 9.17) is 4.99 Å². The minimum absolute atomic E-state index is 0. The number of guanidine groups is 1. The first-order valence-corrected chi connectivity index (χ1v) is 10.6. The molecule has 0 heterocycles. The van der Waals surface area contributed by atoms with Crippen molar-refractivity contribution in [1.82, 2.24) is 20.4 Å². The second-order valence-electron chi connectivity index (χ2n) is 7.49. The number of aliphatic imine (C=N–C) groups is 1. The van der Waals surface area contributed by atoms with E-state index < -0.39 is 0 Å². The van der Waals surface area contributed by atoms with Gasteiger partial charge >= 0.3 is 0 Å². The molecule has 0 aliphatic heterocycles. The average molecular weight is 530 g/mol. The normalized spacial score (nSPS) is 11.0. The van der Waals surface area contributed by atoms with Crippen LogP contribution in [0.2, 0.25) is 0 Å². The van der Waals surface area contributed by atoms with E-state index in [-0.39, 0.29) is 29.9 Å². The van der Waals surface area contributed by atoms with Crippen LogP contribution < -0.4 is 10.6 Å². The van der Waals surface area contributed by atoms with Crippen LogP contribution in [0.3, 0.4) is 0 Å². The fourth-order valence-electron chi connectivity index (χ4n) is 2.86. The molecule has 1 aromatic carbocycles. The summed E-state index contributed by atoms with van der Waals surface area (Å²) in [6.07, 6.45) is 6.58. The van der Waals surface area contributed by atoms with Gasteiger partial charge in [-0.25, -0.2) is 4.99 Å². The van der Waals surface area contributed by atoms with Crippen LogP contribution in [0, 0.1) is 0 Å². The molecule has 0 spiro atoms. The number of hydrogen-bond acceptors (Lipinski definition) is 3. The van der Waals surface area contributed by atoms with Gasteiger partial charge in [-0.2, -0.15) is 0 Å². The Kier molecular flexibility index (Phi) is 16.2. The Morgan fingerprint density at radius 1 is 1.13 bits per heavy atom. The zero-order valence-corrected chi connectivity index (χ0v) is 21.4. The molecule has 170 valence electrons. The predicted molar refractivity (Wildman–Crippen MR) is 139 cm³/mol. The number of rotatable bonds is 13. The van der Waals surface area contributed by atoms with Gasteiger partial charge in [-0.15, -0.1) is 30.6 Å². The number of benzene rings is 1. The third-order valence-corrected chi connectivity index (χ3v) is 4.54.